The van der Waals surface area contributed by atoms with Gasteiger partial charge in [0.15, 0.2) is 0 Å². The van der Waals surface area contributed by atoms with E-state index in [1.807, 2.05) is 39.0 Å². The molecule has 1 amide bonds. The van der Waals surface area contributed by atoms with E-state index in [2.05, 4.69) is 17.9 Å². The Bertz CT molecular complexity index is 525. The van der Waals surface area contributed by atoms with Gasteiger partial charge >= 0.3 is 6.09 Å². The van der Waals surface area contributed by atoms with Crippen LogP contribution in [-0.2, 0) is 4.74 Å². The van der Waals surface area contributed by atoms with E-state index in [1.165, 1.54) is 0 Å². The summed E-state index contributed by atoms with van der Waals surface area (Å²) in [5.74, 6) is 0.847. The molecule has 1 aliphatic heterocycles. The van der Waals surface area contributed by atoms with Gasteiger partial charge in [-0.15, -0.1) is 0 Å². The monoisotopic (exact) mass is 306 g/mol. The third kappa shape index (κ3) is 4.06. The topological polar surface area (TPSA) is 42.0 Å². The summed E-state index contributed by atoms with van der Waals surface area (Å²) >= 11 is 0. The lowest BCUT2D eigenvalue weighted by Crippen LogP contribution is -2.54. The Morgan fingerprint density at radius 2 is 2.00 bits per heavy atom. The first-order chi connectivity index (χ1) is 10.3. The summed E-state index contributed by atoms with van der Waals surface area (Å²) in [6.45, 7) is 9.90. The Morgan fingerprint density at radius 1 is 1.27 bits per heavy atom. The molecule has 0 N–H and O–H groups in total. The van der Waals surface area contributed by atoms with Crippen molar-refractivity contribution in [3.8, 4) is 5.75 Å². The van der Waals surface area contributed by atoms with E-state index in [-0.39, 0.29) is 12.1 Å². The number of piperazine rings is 1. The average Bonchev–Trinajstić information content (AvgIpc) is 2.45. The van der Waals surface area contributed by atoms with E-state index in [0.717, 1.165) is 18.0 Å². The smallest absolute Gasteiger partial charge is 0.410 e. The fourth-order valence-electron chi connectivity index (χ4n) is 2.62. The number of hydrogen-bond donors (Lipinski definition) is 0. The van der Waals surface area contributed by atoms with Crippen LogP contribution in [0.3, 0.4) is 0 Å². The molecule has 122 valence electrons. The van der Waals surface area contributed by atoms with Gasteiger partial charge in [-0.05, 0) is 39.8 Å². The maximum absolute atomic E-state index is 12.2. The molecule has 1 aliphatic rings. The number of nitrogens with zero attached hydrogens (tertiary/aromatic N) is 2. The second-order valence-electron chi connectivity index (χ2n) is 6.67. The van der Waals surface area contributed by atoms with Gasteiger partial charge in [0.05, 0.1) is 7.11 Å². The Balaban J connectivity index is 2.02. The van der Waals surface area contributed by atoms with E-state index < -0.39 is 5.60 Å². The van der Waals surface area contributed by atoms with Crippen LogP contribution in [0.5, 0.6) is 5.75 Å². The molecule has 0 unspecified atom stereocenters. The van der Waals surface area contributed by atoms with Crippen molar-refractivity contribution in [3.63, 3.8) is 0 Å². The van der Waals surface area contributed by atoms with Crippen LogP contribution in [0, 0.1) is 0 Å². The molecule has 2 rings (SSSR count). The summed E-state index contributed by atoms with van der Waals surface area (Å²) in [5, 5.41) is 0. The molecule has 1 atom stereocenters. The second kappa shape index (κ2) is 6.46. The van der Waals surface area contributed by atoms with E-state index >= 15 is 0 Å². The third-order valence-electron chi connectivity index (χ3n) is 3.66. The zero-order chi connectivity index (χ0) is 16.3. The van der Waals surface area contributed by atoms with Crippen LogP contribution in [-0.4, -0.2) is 49.4 Å². The maximum atomic E-state index is 12.2. The van der Waals surface area contributed by atoms with Crippen molar-refractivity contribution in [2.45, 2.75) is 39.3 Å². The highest BCUT2D eigenvalue weighted by atomic mass is 16.6. The standard InChI is InChI=1S/C17H26N2O3/c1-13-12-18(16(20)22-17(2,3)4)9-10-19(13)14-7-6-8-15(11-14)21-5/h6-8,11,13H,9-10,12H2,1-5H3/t13-/m0/s1. The number of anilines is 1. The van der Waals surface area contributed by atoms with Gasteiger partial charge in [0.2, 0.25) is 0 Å². The normalized spacial score (nSPS) is 19.0. The molecule has 0 aliphatic carbocycles. The number of rotatable bonds is 2. The van der Waals surface area contributed by atoms with Gasteiger partial charge in [0.25, 0.3) is 0 Å². The first kappa shape index (κ1) is 16.5. The van der Waals surface area contributed by atoms with Gasteiger partial charge in [-0.1, -0.05) is 6.07 Å². The molecule has 0 aromatic heterocycles. The quantitative estimate of drug-likeness (QED) is 0.842. The highest BCUT2D eigenvalue weighted by molar-refractivity contribution is 5.69. The lowest BCUT2D eigenvalue weighted by Gasteiger charge is -2.41. The van der Waals surface area contributed by atoms with Crippen LogP contribution >= 0.6 is 0 Å². The SMILES string of the molecule is COc1cccc(N2CCN(C(=O)OC(C)(C)C)C[C@@H]2C)c1. The van der Waals surface area contributed by atoms with Gasteiger partial charge in [-0.2, -0.15) is 0 Å². The Labute approximate surface area is 132 Å². The predicted octanol–water partition coefficient (Wildman–Crippen LogP) is 3.14. The highest BCUT2D eigenvalue weighted by Gasteiger charge is 2.29. The average molecular weight is 306 g/mol. The van der Waals surface area contributed by atoms with Crippen molar-refractivity contribution in [2.24, 2.45) is 0 Å². The van der Waals surface area contributed by atoms with Gasteiger partial charge in [-0.3, -0.25) is 0 Å². The van der Waals surface area contributed by atoms with E-state index in [4.69, 9.17) is 9.47 Å². The highest BCUT2D eigenvalue weighted by Crippen LogP contribution is 2.25. The van der Waals surface area contributed by atoms with Crippen LogP contribution in [0.1, 0.15) is 27.7 Å². The zero-order valence-corrected chi connectivity index (χ0v) is 14.1. The molecule has 0 bridgehead atoms. The molecule has 0 radical (unpaired) electrons. The Hall–Kier alpha value is -1.91. The van der Waals surface area contributed by atoms with E-state index in [0.29, 0.717) is 13.1 Å². The second-order valence-corrected chi connectivity index (χ2v) is 6.67. The number of hydrogen-bond acceptors (Lipinski definition) is 4. The Kier molecular flexibility index (Phi) is 4.84. The molecule has 1 saturated heterocycles. The van der Waals surface area contributed by atoms with Gasteiger partial charge in [0.1, 0.15) is 11.4 Å². The minimum Gasteiger partial charge on any atom is -0.497 e. The lowest BCUT2D eigenvalue weighted by molar-refractivity contribution is 0.0219. The number of carbonyl (C=O) groups is 1. The van der Waals surface area contributed by atoms with Crippen molar-refractivity contribution in [1.82, 2.24) is 4.90 Å². The number of methoxy groups -OCH3 is 1. The molecule has 5 heteroatoms. The molecule has 1 aromatic rings. The molecule has 1 aromatic carbocycles. The van der Waals surface area contributed by atoms with Crippen LogP contribution in [0.4, 0.5) is 10.5 Å². The van der Waals surface area contributed by atoms with Crippen molar-refractivity contribution in [2.75, 3.05) is 31.6 Å². The summed E-state index contributed by atoms with van der Waals surface area (Å²) in [6, 6.07) is 8.25. The molecular formula is C17H26N2O3. The summed E-state index contributed by atoms with van der Waals surface area (Å²) in [7, 11) is 1.67. The number of amides is 1. The number of ether oxygens (including phenoxy) is 2. The Morgan fingerprint density at radius 3 is 2.59 bits per heavy atom. The van der Waals surface area contributed by atoms with Gasteiger partial charge in [-0.25, -0.2) is 4.79 Å². The minimum atomic E-state index is -0.454. The first-order valence-corrected chi connectivity index (χ1v) is 7.69. The van der Waals surface area contributed by atoms with Crippen LogP contribution in [0.15, 0.2) is 24.3 Å². The molecule has 0 spiro atoms. The van der Waals surface area contributed by atoms with E-state index in [9.17, 15) is 4.79 Å². The summed E-state index contributed by atoms with van der Waals surface area (Å²) < 4.78 is 10.7. The predicted molar refractivity (Wildman–Crippen MR) is 87.6 cm³/mol. The first-order valence-electron chi connectivity index (χ1n) is 7.69. The molecule has 1 fully saturated rings. The largest absolute Gasteiger partial charge is 0.497 e. The van der Waals surface area contributed by atoms with Crippen molar-refractivity contribution >= 4 is 11.8 Å². The van der Waals surface area contributed by atoms with E-state index in [1.54, 1.807) is 12.0 Å². The fraction of sp³-hybridized carbons (Fsp3) is 0.588. The van der Waals surface area contributed by atoms with Crippen molar-refractivity contribution < 1.29 is 14.3 Å². The van der Waals surface area contributed by atoms with Crippen LogP contribution in [0.25, 0.3) is 0 Å². The van der Waals surface area contributed by atoms with Gasteiger partial charge < -0.3 is 19.3 Å². The summed E-state index contributed by atoms with van der Waals surface area (Å²) in [5.41, 5.74) is 0.667. The van der Waals surface area contributed by atoms with Crippen molar-refractivity contribution in [3.05, 3.63) is 24.3 Å². The minimum absolute atomic E-state index is 0.230. The zero-order valence-electron chi connectivity index (χ0n) is 14.1. The fourth-order valence-corrected chi connectivity index (χ4v) is 2.62. The molecule has 0 saturated carbocycles. The summed E-state index contributed by atoms with van der Waals surface area (Å²) in [6.07, 6.45) is -0.232. The van der Waals surface area contributed by atoms with Crippen LogP contribution < -0.4 is 9.64 Å². The molecular weight excluding hydrogens is 280 g/mol. The molecule has 1 heterocycles. The number of benzene rings is 1. The third-order valence-corrected chi connectivity index (χ3v) is 3.66. The number of carbonyl (C=O) groups excluding carboxylic acids is 1. The molecule has 5 nitrogen and oxygen atoms in total. The molecule has 22 heavy (non-hydrogen) atoms. The maximum Gasteiger partial charge on any atom is 0.410 e. The van der Waals surface area contributed by atoms with Gasteiger partial charge in [0, 0.05) is 37.4 Å². The van der Waals surface area contributed by atoms with Crippen molar-refractivity contribution in [1.29, 1.82) is 0 Å². The lowest BCUT2D eigenvalue weighted by atomic mass is 10.1. The summed E-state index contributed by atoms with van der Waals surface area (Å²) in [4.78, 5) is 16.2. The van der Waals surface area contributed by atoms with Crippen LogP contribution in [0.2, 0.25) is 0 Å².